The van der Waals surface area contributed by atoms with E-state index in [4.69, 9.17) is 0 Å². The molecule has 0 saturated carbocycles. The molecule has 0 spiro atoms. The number of allylic oxidation sites excluding steroid dienone is 4. The normalized spacial score (nSPS) is 13.1. The molecule has 1 nitrogen and oxygen atoms in total. The van der Waals surface area contributed by atoms with E-state index in [0.717, 1.165) is 12.8 Å². The summed E-state index contributed by atoms with van der Waals surface area (Å²) in [6.07, 6.45) is 6.64. The van der Waals surface area contributed by atoms with Gasteiger partial charge < -0.3 is 4.90 Å². The summed E-state index contributed by atoms with van der Waals surface area (Å²) in [7, 11) is 0. The summed E-state index contributed by atoms with van der Waals surface area (Å²) in [5.41, 5.74) is 11.3. The van der Waals surface area contributed by atoms with Gasteiger partial charge in [0.15, 0.2) is 0 Å². The van der Waals surface area contributed by atoms with Crippen LogP contribution in [0.25, 0.3) is 58.8 Å². The van der Waals surface area contributed by atoms with Gasteiger partial charge in [0.05, 0.1) is 0 Å². The second-order valence-electron chi connectivity index (χ2n) is 12.5. The molecule has 1 aliphatic rings. The minimum atomic E-state index is 0.952. The highest BCUT2D eigenvalue weighted by atomic mass is 32.1. The lowest BCUT2D eigenvalue weighted by molar-refractivity contribution is 0.931. The fourth-order valence-corrected chi connectivity index (χ4v) is 8.40. The lowest BCUT2D eigenvalue weighted by atomic mass is 9.93. The van der Waals surface area contributed by atoms with E-state index < -0.39 is 0 Å². The molecule has 0 amide bonds. The molecule has 0 fully saturated rings. The van der Waals surface area contributed by atoms with E-state index in [-0.39, 0.29) is 0 Å². The van der Waals surface area contributed by atoms with Crippen LogP contribution in [0, 0.1) is 0 Å². The van der Waals surface area contributed by atoms with E-state index in [9.17, 15) is 0 Å². The van der Waals surface area contributed by atoms with E-state index in [1.807, 2.05) is 11.3 Å². The zero-order chi connectivity index (χ0) is 31.9. The van der Waals surface area contributed by atoms with Crippen molar-refractivity contribution in [3.63, 3.8) is 0 Å². The zero-order valence-corrected chi connectivity index (χ0v) is 27.3. The highest BCUT2D eigenvalue weighted by Crippen LogP contribution is 2.42. The van der Waals surface area contributed by atoms with E-state index in [2.05, 4.69) is 181 Å². The summed E-state index contributed by atoms with van der Waals surface area (Å²) < 4.78 is 2.74. The molecule has 9 rings (SSSR count). The van der Waals surface area contributed by atoms with Crippen molar-refractivity contribution in [3.8, 4) is 22.3 Å². The molecule has 48 heavy (non-hydrogen) atoms. The van der Waals surface area contributed by atoms with Gasteiger partial charge in [-0.15, -0.1) is 11.3 Å². The first-order valence-corrected chi connectivity index (χ1v) is 17.5. The van der Waals surface area contributed by atoms with Gasteiger partial charge in [0.2, 0.25) is 0 Å². The molecule has 1 aromatic heterocycles. The quantitative estimate of drug-likeness (QED) is 0.176. The van der Waals surface area contributed by atoms with Gasteiger partial charge in [0.1, 0.15) is 0 Å². The minimum absolute atomic E-state index is 0.952. The number of fused-ring (bicyclic) bond motifs is 4. The number of benzene rings is 7. The molecule has 0 radical (unpaired) electrons. The predicted octanol–water partition coefficient (Wildman–Crippen LogP) is 13.4. The average molecular weight is 632 g/mol. The number of nitrogens with zero attached hydrogens (tertiary/aromatic N) is 1. The van der Waals surface area contributed by atoms with Crippen molar-refractivity contribution in [2.45, 2.75) is 12.8 Å². The second kappa shape index (κ2) is 12.2. The van der Waals surface area contributed by atoms with Crippen molar-refractivity contribution in [3.05, 3.63) is 187 Å². The van der Waals surface area contributed by atoms with E-state index >= 15 is 0 Å². The average Bonchev–Trinajstić information content (AvgIpc) is 3.55. The Labute approximate surface area is 285 Å². The van der Waals surface area contributed by atoms with Crippen LogP contribution in [-0.2, 0) is 0 Å². The maximum absolute atomic E-state index is 2.45. The third-order valence-electron chi connectivity index (χ3n) is 9.58. The van der Waals surface area contributed by atoms with Crippen LogP contribution in [0.15, 0.2) is 182 Å². The summed E-state index contributed by atoms with van der Waals surface area (Å²) in [4.78, 5) is 2.45. The summed E-state index contributed by atoms with van der Waals surface area (Å²) in [5, 5.41) is 5.23. The molecule has 0 N–H and O–H groups in total. The molecule has 2 heteroatoms. The zero-order valence-electron chi connectivity index (χ0n) is 26.5. The fraction of sp³-hybridized carbons (Fsp3) is 0.0435. The molecular formula is C46H33NS. The van der Waals surface area contributed by atoms with Gasteiger partial charge in [-0.05, 0) is 99.5 Å². The van der Waals surface area contributed by atoms with Gasteiger partial charge in [-0.2, -0.15) is 0 Å². The summed E-state index contributed by atoms with van der Waals surface area (Å²) in [6.45, 7) is 0. The van der Waals surface area contributed by atoms with Crippen molar-refractivity contribution < 1.29 is 0 Å². The van der Waals surface area contributed by atoms with E-state index in [0.29, 0.717) is 0 Å². The Hall–Kier alpha value is -5.70. The Morgan fingerprint density at radius 2 is 1.12 bits per heavy atom. The summed E-state index contributed by atoms with van der Waals surface area (Å²) >= 11 is 1.91. The molecule has 228 valence electrons. The molecule has 1 heterocycles. The maximum atomic E-state index is 2.45. The first-order valence-electron chi connectivity index (χ1n) is 16.6. The van der Waals surface area contributed by atoms with Crippen LogP contribution in [0.4, 0.5) is 11.4 Å². The number of hydrogen-bond donors (Lipinski definition) is 0. The van der Waals surface area contributed by atoms with Gasteiger partial charge in [0, 0.05) is 37.2 Å². The third-order valence-corrected chi connectivity index (χ3v) is 10.8. The van der Waals surface area contributed by atoms with Crippen molar-refractivity contribution in [2.24, 2.45) is 0 Å². The molecule has 0 aliphatic heterocycles. The molecule has 0 atom stereocenters. The SMILES string of the molecule is C1=C(c2cccc3c2sc2ccccc23)CCC(N(c2ccc(-c3ccccc3)cc2)c2cccc(-c3ccc4ccccc4c3)c2)=C1. The molecule has 8 aromatic rings. The number of anilines is 2. The van der Waals surface area contributed by atoms with Gasteiger partial charge in [-0.1, -0.05) is 133 Å². The monoisotopic (exact) mass is 631 g/mol. The van der Waals surface area contributed by atoms with Crippen LogP contribution >= 0.6 is 11.3 Å². The second-order valence-corrected chi connectivity index (χ2v) is 13.5. The van der Waals surface area contributed by atoms with Crippen molar-refractivity contribution in [1.82, 2.24) is 0 Å². The van der Waals surface area contributed by atoms with E-state index in [1.165, 1.54) is 81.4 Å². The topological polar surface area (TPSA) is 3.24 Å². The van der Waals surface area contributed by atoms with Crippen LogP contribution < -0.4 is 4.90 Å². The standard InChI is InChI=1S/C46H33NS/c1-2-10-32(11-3-1)34-22-26-39(27-23-34)47(41-15-8-14-37(31-41)38-21-20-33-12-4-5-13-36(33)30-38)40-28-24-35(25-29-40)42-17-9-18-44-43-16-6-7-19-45(43)48-46(42)44/h1-24,26-28,30-31H,25,29H2. The Bertz CT molecular complexity index is 2500. The number of hydrogen-bond acceptors (Lipinski definition) is 2. The molecular weight excluding hydrogens is 599 g/mol. The number of rotatable bonds is 6. The molecule has 0 bridgehead atoms. The Morgan fingerprint density at radius 1 is 0.438 bits per heavy atom. The van der Waals surface area contributed by atoms with Gasteiger partial charge in [-0.25, -0.2) is 0 Å². The fourth-order valence-electron chi connectivity index (χ4n) is 7.14. The Kier molecular flexibility index (Phi) is 7.22. The molecule has 0 unspecified atom stereocenters. The maximum Gasteiger partial charge on any atom is 0.0464 e. The Balaban J connectivity index is 1.13. The predicted molar refractivity (Wildman–Crippen MR) is 208 cm³/mol. The summed E-state index contributed by atoms with van der Waals surface area (Å²) in [6, 6.07) is 59.6. The largest absolute Gasteiger partial charge is 0.314 e. The smallest absolute Gasteiger partial charge is 0.0464 e. The van der Waals surface area contributed by atoms with Crippen LogP contribution in [0.5, 0.6) is 0 Å². The molecule has 1 aliphatic carbocycles. The first kappa shape index (κ1) is 28.5. The van der Waals surface area contributed by atoms with Gasteiger partial charge >= 0.3 is 0 Å². The van der Waals surface area contributed by atoms with Crippen LogP contribution in [-0.4, -0.2) is 0 Å². The summed E-state index contributed by atoms with van der Waals surface area (Å²) in [5.74, 6) is 0. The third kappa shape index (κ3) is 5.21. The van der Waals surface area contributed by atoms with Crippen molar-refractivity contribution >= 4 is 59.2 Å². The number of thiophene rings is 1. The lowest BCUT2D eigenvalue weighted by Crippen LogP contribution is -2.18. The molecule has 7 aromatic carbocycles. The minimum Gasteiger partial charge on any atom is -0.314 e. The van der Waals surface area contributed by atoms with Crippen LogP contribution in [0.1, 0.15) is 18.4 Å². The van der Waals surface area contributed by atoms with Crippen LogP contribution in [0.3, 0.4) is 0 Å². The lowest BCUT2D eigenvalue weighted by Gasteiger charge is -2.30. The first-order chi connectivity index (χ1) is 23.8. The van der Waals surface area contributed by atoms with Gasteiger partial charge in [-0.3, -0.25) is 0 Å². The van der Waals surface area contributed by atoms with Crippen molar-refractivity contribution in [2.75, 3.05) is 4.90 Å². The van der Waals surface area contributed by atoms with E-state index in [1.54, 1.807) is 0 Å². The highest BCUT2D eigenvalue weighted by molar-refractivity contribution is 7.26. The van der Waals surface area contributed by atoms with Crippen LogP contribution in [0.2, 0.25) is 0 Å². The molecule has 0 saturated heterocycles. The van der Waals surface area contributed by atoms with Crippen molar-refractivity contribution in [1.29, 1.82) is 0 Å². The Morgan fingerprint density at radius 3 is 1.98 bits per heavy atom. The highest BCUT2D eigenvalue weighted by Gasteiger charge is 2.20. The van der Waals surface area contributed by atoms with Gasteiger partial charge in [0.25, 0.3) is 0 Å².